The van der Waals surface area contributed by atoms with Gasteiger partial charge in [0.05, 0.1) is 66.9 Å². The number of nitrogens with one attached hydrogen (secondary N) is 2. The third-order valence-corrected chi connectivity index (χ3v) is 11.0. The van der Waals surface area contributed by atoms with E-state index in [0.29, 0.717) is 60.0 Å². The maximum absolute atomic E-state index is 9.52. The fourth-order valence-electron chi connectivity index (χ4n) is 7.12. The van der Waals surface area contributed by atoms with Crippen molar-refractivity contribution in [3.63, 3.8) is 0 Å². The van der Waals surface area contributed by atoms with Gasteiger partial charge in [0.1, 0.15) is 60.1 Å². The van der Waals surface area contributed by atoms with Crippen LogP contribution < -0.4 is 34.2 Å². The summed E-state index contributed by atoms with van der Waals surface area (Å²) in [5.41, 5.74) is 15.5. The van der Waals surface area contributed by atoms with E-state index in [1.165, 1.54) is 0 Å². The molecule has 0 aliphatic heterocycles. The number of pyridine rings is 3. The molecule has 0 spiro atoms. The molecule has 0 bridgehead atoms. The predicted octanol–water partition coefficient (Wildman–Crippen LogP) is 11.7. The van der Waals surface area contributed by atoms with Gasteiger partial charge in [-0.1, -0.05) is 30.3 Å². The van der Waals surface area contributed by atoms with Crippen LogP contribution in [0.2, 0.25) is 0 Å². The van der Waals surface area contributed by atoms with Gasteiger partial charge >= 0.3 is 0 Å². The Bertz CT molecular complexity index is 3220. The molecule has 9 aromatic rings. The summed E-state index contributed by atoms with van der Waals surface area (Å²) in [5, 5.41) is 24.3. The highest BCUT2D eigenvalue weighted by atomic mass is 16.5. The first-order valence-corrected chi connectivity index (χ1v) is 23.3. The average molecular weight is 987 g/mol. The number of aromatic amines is 2. The van der Waals surface area contributed by atoms with Crippen molar-refractivity contribution >= 4 is 54.3 Å². The average Bonchev–Trinajstić information content (AvgIpc) is 4.12. The van der Waals surface area contributed by atoms with E-state index in [9.17, 15) is 5.11 Å². The molecule has 15 heteroatoms. The number of rotatable bonds is 20. The van der Waals surface area contributed by atoms with Crippen molar-refractivity contribution in [3.05, 3.63) is 220 Å². The number of methoxy groups -OCH3 is 3. The van der Waals surface area contributed by atoms with Crippen LogP contribution in [-0.2, 0) is 19.8 Å². The lowest BCUT2D eigenvalue weighted by Crippen LogP contribution is -1.98. The summed E-state index contributed by atoms with van der Waals surface area (Å²) in [6.45, 7) is 1.16. The summed E-state index contributed by atoms with van der Waals surface area (Å²) in [5.74, 6) is 4.31. The van der Waals surface area contributed by atoms with Crippen LogP contribution in [0.25, 0.3) is 48.6 Å². The van der Waals surface area contributed by atoms with Crippen molar-refractivity contribution < 1.29 is 33.5 Å². The molecular formula is C59H54N8O7. The molecule has 5 N–H and O–H groups in total. The fourth-order valence-corrected chi connectivity index (χ4v) is 7.12. The topological polar surface area (TPSA) is 198 Å². The minimum absolute atomic E-state index is 0.0718. The van der Waals surface area contributed by atoms with Crippen molar-refractivity contribution in [2.75, 3.05) is 27.1 Å². The summed E-state index contributed by atoms with van der Waals surface area (Å²) in [4.78, 5) is 12.8. The molecule has 0 aliphatic carbocycles. The van der Waals surface area contributed by atoms with Crippen molar-refractivity contribution in [1.82, 2.24) is 35.3 Å². The van der Waals surface area contributed by atoms with E-state index in [2.05, 4.69) is 35.3 Å². The van der Waals surface area contributed by atoms with Gasteiger partial charge in [0.15, 0.2) is 0 Å². The largest absolute Gasteiger partial charge is 0.506 e. The smallest absolute Gasteiger partial charge is 0.138 e. The number of nitrogens with two attached hydrogens (primary N) is 1. The highest BCUT2D eigenvalue weighted by Crippen LogP contribution is 2.30. The zero-order valence-corrected chi connectivity index (χ0v) is 41.0. The molecule has 74 heavy (non-hydrogen) atoms. The Kier molecular flexibility index (Phi) is 17.6. The lowest BCUT2D eigenvalue weighted by Gasteiger charge is -2.09. The molecule has 5 heterocycles. The van der Waals surface area contributed by atoms with Gasteiger partial charge in [0.25, 0.3) is 0 Å². The Labute approximate surface area is 429 Å². The third-order valence-electron chi connectivity index (χ3n) is 11.0. The third kappa shape index (κ3) is 14.8. The molecule has 5 aromatic heterocycles. The monoisotopic (exact) mass is 986 g/mol. The van der Waals surface area contributed by atoms with Crippen LogP contribution >= 0.6 is 0 Å². The second-order valence-electron chi connectivity index (χ2n) is 16.2. The second-order valence-corrected chi connectivity index (χ2v) is 16.2. The highest BCUT2D eigenvalue weighted by Gasteiger charge is 2.08. The van der Waals surface area contributed by atoms with Crippen LogP contribution in [0.3, 0.4) is 0 Å². The zero-order chi connectivity index (χ0) is 51.3. The predicted molar refractivity (Wildman–Crippen MR) is 290 cm³/mol. The van der Waals surface area contributed by atoms with Gasteiger partial charge in [-0.25, -0.2) is 0 Å². The first-order valence-electron chi connectivity index (χ1n) is 23.3. The Balaban J connectivity index is 0.000000202. The van der Waals surface area contributed by atoms with Crippen molar-refractivity contribution in [3.8, 4) is 40.2 Å². The standard InChI is InChI=1S/C33H30N4O4.C26H24N4O3/c1-38-32-20-30(40-22-28-7-3-5-17-34-28)15-11-24(32)9-13-26-19-27(37-36-26)14-10-25-12-16-31(21-33(25)39-2)41-23-29-8-4-6-18-35-29;1-32-26-16-23(33-17-22-4-2-3-13-28-22)11-8-19(26)7-10-21-15-20(29-30-21)9-5-18-6-12-25(31)24(27)14-18/h3-21H,22-23H2,1-2H3,(H,36,37);2-16,31H,17,27H2,1H3,(H,29,30)/b13-9+,14-10+;9-5+,10-7+. The molecule has 0 aliphatic rings. The van der Waals surface area contributed by atoms with Gasteiger partial charge in [-0.3, -0.25) is 25.1 Å². The van der Waals surface area contributed by atoms with Gasteiger partial charge in [-0.05, 0) is 145 Å². The number of aromatic hydroxyl groups is 1. The number of phenolic OH excluding ortho intramolecular Hbond substituents is 1. The Morgan fingerprint density at radius 2 is 0.851 bits per heavy atom. The van der Waals surface area contributed by atoms with Crippen LogP contribution in [0.5, 0.6) is 40.2 Å². The molecule has 0 amide bonds. The Hall–Kier alpha value is -9.89. The maximum Gasteiger partial charge on any atom is 0.138 e. The lowest BCUT2D eigenvalue weighted by molar-refractivity contribution is 0.299. The van der Waals surface area contributed by atoms with E-state index in [0.717, 1.165) is 62.1 Å². The SMILES string of the molecule is COc1cc(OCc2ccccn2)ccc1/C=C/c1cc(/C=C/c2ccc(O)c(N)c2)n[nH]1.COc1cc(OCc2ccccn2)ccc1/C=C/c1cc(/C=C/c2ccc(OCc3ccccn3)cc2OC)[nH]n1. The van der Waals surface area contributed by atoms with E-state index in [4.69, 9.17) is 34.2 Å². The minimum Gasteiger partial charge on any atom is -0.506 e. The van der Waals surface area contributed by atoms with Gasteiger partial charge < -0.3 is 39.3 Å². The molecule has 0 radical (unpaired) electrons. The van der Waals surface area contributed by atoms with Crippen molar-refractivity contribution in [2.24, 2.45) is 0 Å². The van der Waals surface area contributed by atoms with Crippen molar-refractivity contribution in [1.29, 1.82) is 0 Å². The number of hydrogen-bond donors (Lipinski definition) is 4. The lowest BCUT2D eigenvalue weighted by atomic mass is 10.1. The number of ether oxygens (including phenoxy) is 6. The molecule has 0 unspecified atom stereocenters. The minimum atomic E-state index is 0.0718. The van der Waals surface area contributed by atoms with Gasteiger partial charge in [-0.15, -0.1) is 0 Å². The van der Waals surface area contributed by atoms with E-state index < -0.39 is 0 Å². The summed E-state index contributed by atoms with van der Waals surface area (Å²) in [7, 11) is 4.91. The number of H-pyrrole nitrogens is 2. The molecule has 372 valence electrons. The summed E-state index contributed by atoms with van der Waals surface area (Å²) < 4.78 is 34.2. The number of nitrogen functional groups attached to an aromatic ring is 1. The summed E-state index contributed by atoms with van der Waals surface area (Å²) in [6.07, 6.45) is 20.7. The van der Waals surface area contributed by atoms with E-state index in [-0.39, 0.29) is 5.75 Å². The number of aromatic nitrogens is 7. The molecule has 0 saturated heterocycles. The first kappa shape index (κ1) is 50.5. The second kappa shape index (κ2) is 25.8. The summed E-state index contributed by atoms with van der Waals surface area (Å²) in [6, 6.07) is 43.3. The number of hydrogen-bond acceptors (Lipinski definition) is 13. The molecule has 0 saturated carbocycles. The zero-order valence-electron chi connectivity index (χ0n) is 41.0. The van der Waals surface area contributed by atoms with Gasteiger partial charge in [-0.2, -0.15) is 10.2 Å². The van der Waals surface area contributed by atoms with Crippen LogP contribution in [0.1, 0.15) is 62.1 Å². The molecule has 0 fully saturated rings. The highest BCUT2D eigenvalue weighted by molar-refractivity contribution is 5.77. The first-order chi connectivity index (χ1) is 36.3. The molecular weight excluding hydrogens is 933 g/mol. The van der Waals surface area contributed by atoms with Crippen LogP contribution in [0, 0.1) is 0 Å². The van der Waals surface area contributed by atoms with Crippen LogP contribution in [0.15, 0.2) is 158 Å². The Morgan fingerprint density at radius 3 is 1.23 bits per heavy atom. The Morgan fingerprint density at radius 1 is 0.446 bits per heavy atom. The fraction of sp³-hybridized carbons (Fsp3) is 0.102. The van der Waals surface area contributed by atoms with Crippen molar-refractivity contribution in [2.45, 2.75) is 19.8 Å². The van der Waals surface area contributed by atoms with E-state index in [1.807, 2.05) is 170 Å². The molecule has 0 atom stereocenters. The van der Waals surface area contributed by atoms with Gasteiger partial charge in [0, 0.05) is 53.5 Å². The molecule has 15 nitrogen and oxygen atoms in total. The maximum atomic E-state index is 9.52. The van der Waals surface area contributed by atoms with Crippen LogP contribution in [-0.4, -0.2) is 61.8 Å². The van der Waals surface area contributed by atoms with Crippen LogP contribution in [0.4, 0.5) is 5.69 Å². The molecule has 4 aromatic carbocycles. The number of benzene rings is 4. The number of phenols is 1. The summed E-state index contributed by atoms with van der Waals surface area (Å²) >= 11 is 0. The quantitative estimate of drug-likeness (QED) is 0.0416. The van der Waals surface area contributed by atoms with E-state index in [1.54, 1.807) is 58.1 Å². The van der Waals surface area contributed by atoms with Gasteiger partial charge in [0.2, 0.25) is 0 Å². The molecule has 9 rings (SSSR count). The van der Waals surface area contributed by atoms with E-state index >= 15 is 0 Å². The number of nitrogens with zero attached hydrogens (tertiary/aromatic N) is 5. The normalized spacial score (nSPS) is 11.2. The number of anilines is 1.